The second-order valence-corrected chi connectivity index (χ2v) is 6.77. The Hall–Kier alpha value is -0.430. The number of hydrogen-bond acceptors (Lipinski definition) is 3. The Morgan fingerprint density at radius 2 is 2.11 bits per heavy atom. The summed E-state index contributed by atoms with van der Waals surface area (Å²) in [5, 5.41) is 0. The number of rotatable bonds is 6. The van der Waals surface area contributed by atoms with E-state index in [2.05, 4.69) is 20.7 Å². The number of halogens is 1. The van der Waals surface area contributed by atoms with E-state index >= 15 is 0 Å². The summed E-state index contributed by atoms with van der Waals surface area (Å²) in [4.78, 5) is 0.261. The van der Waals surface area contributed by atoms with Crippen molar-refractivity contribution in [2.45, 2.75) is 31.2 Å². The highest BCUT2D eigenvalue weighted by molar-refractivity contribution is 9.10. The van der Waals surface area contributed by atoms with Crippen molar-refractivity contribution in [2.24, 2.45) is 0 Å². The van der Waals surface area contributed by atoms with Gasteiger partial charge in [0.2, 0.25) is 10.0 Å². The van der Waals surface area contributed by atoms with Crippen LogP contribution in [0.3, 0.4) is 0 Å². The molecule has 0 aliphatic carbocycles. The quantitative estimate of drug-likeness (QED) is 0.868. The SMILES string of the molecule is COCCC(C)NS(=O)(=O)c1ccc(C)cc1Br. The fourth-order valence-electron chi connectivity index (χ4n) is 1.51. The van der Waals surface area contributed by atoms with E-state index in [0.717, 1.165) is 5.56 Å². The lowest BCUT2D eigenvalue weighted by Crippen LogP contribution is -2.33. The van der Waals surface area contributed by atoms with E-state index in [1.807, 2.05) is 13.8 Å². The number of sulfonamides is 1. The standard InChI is InChI=1S/C12H18BrNO3S/c1-9-4-5-12(11(13)8-9)18(15,16)14-10(2)6-7-17-3/h4-5,8,10,14H,6-7H2,1-3H3. The Morgan fingerprint density at radius 1 is 1.44 bits per heavy atom. The van der Waals surface area contributed by atoms with Crippen molar-refractivity contribution in [2.75, 3.05) is 13.7 Å². The van der Waals surface area contributed by atoms with Crippen molar-refractivity contribution in [1.82, 2.24) is 4.72 Å². The van der Waals surface area contributed by atoms with Gasteiger partial charge in [-0.2, -0.15) is 0 Å². The summed E-state index contributed by atoms with van der Waals surface area (Å²) in [7, 11) is -1.89. The van der Waals surface area contributed by atoms with E-state index in [-0.39, 0.29) is 10.9 Å². The molecule has 0 aromatic heterocycles. The number of benzene rings is 1. The van der Waals surface area contributed by atoms with Crippen LogP contribution in [-0.2, 0) is 14.8 Å². The van der Waals surface area contributed by atoms with Gasteiger partial charge in [-0.25, -0.2) is 13.1 Å². The van der Waals surface area contributed by atoms with Crippen LogP contribution in [0.25, 0.3) is 0 Å². The molecule has 0 spiro atoms. The smallest absolute Gasteiger partial charge is 0.241 e. The van der Waals surface area contributed by atoms with E-state index < -0.39 is 10.0 Å². The van der Waals surface area contributed by atoms with Crippen LogP contribution in [0.4, 0.5) is 0 Å². The maximum absolute atomic E-state index is 12.2. The Kier molecular flexibility index (Phi) is 5.78. The first-order valence-corrected chi connectivity index (χ1v) is 7.92. The Morgan fingerprint density at radius 3 is 2.67 bits per heavy atom. The summed E-state index contributed by atoms with van der Waals surface area (Å²) in [5.74, 6) is 0. The van der Waals surface area contributed by atoms with Crippen molar-refractivity contribution in [3.8, 4) is 0 Å². The third-order valence-corrected chi connectivity index (χ3v) is 5.05. The normalized spacial score (nSPS) is 13.6. The molecule has 102 valence electrons. The third kappa shape index (κ3) is 4.35. The molecule has 1 N–H and O–H groups in total. The minimum atomic E-state index is -3.49. The van der Waals surface area contributed by atoms with Gasteiger partial charge in [-0.3, -0.25) is 0 Å². The molecule has 0 bridgehead atoms. The highest BCUT2D eigenvalue weighted by atomic mass is 79.9. The molecule has 0 aliphatic rings. The van der Waals surface area contributed by atoms with E-state index in [1.165, 1.54) is 0 Å². The first kappa shape index (κ1) is 15.6. The van der Waals surface area contributed by atoms with Gasteiger partial charge < -0.3 is 4.74 Å². The molecule has 0 fully saturated rings. The number of ether oxygens (including phenoxy) is 1. The zero-order valence-corrected chi connectivity index (χ0v) is 13.1. The Labute approximate surface area is 117 Å². The number of methoxy groups -OCH3 is 1. The van der Waals surface area contributed by atoms with Gasteiger partial charge in [0.1, 0.15) is 0 Å². The molecule has 18 heavy (non-hydrogen) atoms. The van der Waals surface area contributed by atoms with Gasteiger partial charge in [-0.15, -0.1) is 0 Å². The van der Waals surface area contributed by atoms with Crippen LogP contribution in [0.1, 0.15) is 18.9 Å². The van der Waals surface area contributed by atoms with Crippen LogP contribution in [0, 0.1) is 6.92 Å². The van der Waals surface area contributed by atoms with Crippen LogP contribution >= 0.6 is 15.9 Å². The van der Waals surface area contributed by atoms with Gasteiger partial charge >= 0.3 is 0 Å². The highest BCUT2D eigenvalue weighted by Crippen LogP contribution is 2.23. The summed E-state index contributed by atoms with van der Waals surface area (Å²) >= 11 is 3.28. The molecule has 1 aromatic carbocycles. The molecular formula is C12H18BrNO3S. The second-order valence-electron chi connectivity index (χ2n) is 4.24. The molecule has 0 saturated heterocycles. The topological polar surface area (TPSA) is 55.4 Å². The Balaban J connectivity index is 2.86. The zero-order chi connectivity index (χ0) is 13.8. The van der Waals surface area contributed by atoms with Crippen LogP contribution < -0.4 is 4.72 Å². The average molecular weight is 336 g/mol. The van der Waals surface area contributed by atoms with Gasteiger partial charge in [-0.1, -0.05) is 6.07 Å². The van der Waals surface area contributed by atoms with Crippen molar-refractivity contribution < 1.29 is 13.2 Å². The second kappa shape index (κ2) is 6.65. The van der Waals surface area contributed by atoms with E-state index in [9.17, 15) is 8.42 Å². The zero-order valence-electron chi connectivity index (χ0n) is 10.7. The summed E-state index contributed by atoms with van der Waals surface area (Å²) in [6.07, 6.45) is 0.638. The first-order valence-electron chi connectivity index (χ1n) is 5.64. The lowest BCUT2D eigenvalue weighted by Gasteiger charge is -2.14. The first-order chi connectivity index (χ1) is 8.36. The summed E-state index contributed by atoms with van der Waals surface area (Å²) in [6.45, 7) is 4.26. The van der Waals surface area contributed by atoms with Crippen LogP contribution in [0.15, 0.2) is 27.6 Å². The van der Waals surface area contributed by atoms with Crippen LogP contribution in [0.5, 0.6) is 0 Å². The van der Waals surface area contributed by atoms with Gasteiger partial charge in [0.15, 0.2) is 0 Å². The van der Waals surface area contributed by atoms with Crippen LogP contribution in [-0.4, -0.2) is 28.2 Å². The monoisotopic (exact) mass is 335 g/mol. The minimum absolute atomic E-state index is 0.164. The molecule has 0 heterocycles. The highest BCUT2D eigenvalue weighted by Gasteiger charge is 2.19. The molecule has 1 aromatic rings. The Bertz CT molecular complexity index is 502. The van der Waals surface area contributed by atoms with Gasteiger partial charge in [0, 0.05) is 24.2 Å². The van der Waals surface area contributed by atoms with Gasteiger partial charge in [0.05, 0.1) is 4.90 Å². The van der Waals surface area contributed by atoms with Crippen molar-refractivity contribution >= 4 is 26.0 Å². The van der Waals surface area contributed by atoms with Crippen molar-refractivity contribution in [3.05, 3.63) is 28.2 Å². The molecule has 0 aliphatic heterocycles. The predicted octanol–water partition coefficient (Wildman–Crippen LogP) is 2.46. The summed E-state index contributed by atoms with van der Waals surface area (Å²) in [5.41, 5.74) is 1.01. The van der Waals surface area contributed by atoms with E-state index in [4.69, 9.17) is 4.74 Å². The van der Waals surface area contributed by atoms with Crippen LogP contribution in [0.2, 0.25) is 0 Å². The molecule has 1 rings (SSSR count). The largest absolute Gasteiger partial charge is 0.385 e. The van der Waals surface area contributed by atoms with Crippen molar-refractivity contribution in [1.29, 1.82) is 0 Å². The number of hydrogen-bond donors (Lipinski definition) is 1. The fourth-order valence-corrected chi connectivity index (χ4v) is 3.98. The van der Waals surface area contributed by atoms with Crippen molar-refractivity contribution in [3.63, 3.8) is 0 Å². The summed E-state index contributed by atoms with van der Waals surface area (Å²) in [6, 6.07) is 5.00. The lowest BCUT2D eigenvalue weighted by atomic mass is 10.2. The molecular weight excluding hydrogens is 318 g/mol. The van der Waals surface area contributed by atoms with E-state index in [1.54, 1.807) is 25.3 Å². The predicted molar refractivity (Wildman–Crippen MR) is 75.2 cm³/mol. The number of aryl methyl sites for hydroxylation is 1. The fraction of sp³-hybridized carbons (Fsp3) is 0.500. The average Bonchev–Trinajstić information content (AvgIpc) is 2.25. The number of nitrogens with one attached hydrogen (secondary N) is 1. The molecule has 1 atom stereocenters. The minimum Gasteiger partial charge on any atom is -0.385 e. The molecule has 0 saturated carbocycles. The third-order valence-electron chi connectivity index (χ3n) is 2.49. The molecule has 6 heteroatoms. The molecule has 0 amide bonds. The summed E-state index contributed by atoms with van der Waals surface area (Å²) < 4.78 is 32.4. The van der Waals surface area contributed by atoms with Gasteiger partial charge in [0.25, 0.3) is 0 Å². The lowest BCUT2D eigenvalue weighted by molar-refractivity contribution is 0.188. The molecule has 0 radical (unpaired) electrons. The van der Waals surface area contributed by atoms with E-state index in [0.29, 0.717) is 17.5 Å². The molecule has 1 unspecified atom stereocenters. The maximum Gasteiger partial charge on any atom is 0.241 e. The maximum atomic E-state index is 12.2. The molecule has 4 nitrogen and oxygen atoms in total. The van der Waals surface area contributed by atoms with Gasteiger partial charge in [-0.05, 0) is 53.9 Å².